The summed E-state index contributed by atoms with van der Waals surface area (Å²) in [6.07, 6.45) is 2.68. The van der Waals surface area contributed by atoms with Gasteiger partial charge in [0, 0.05) is 11.8 Å². The van der Waals surface area contributed by atoms with Gasteiger partial charge in [-0.3, -0.25) is 14.5 Å². The highest BCUT2D eigenvalue weighted by molar-refractivity contribution is 5.77. The third-order valence-electron chi connectivity index (χ3n) is 4.98. The monoisotopic (exact) mass is 251 g/mol. The number of rotatable bonds is 3. The molecular weight excluding hydrogens is 234 g/mol. The molecule has 0 N–H and O–H groups in total. The zero-order valence-corrected chi connectivity index (χ0v) is 10.2. The molecule has 0 radical (unpaired) electrons. The Morgan fingerprint density at radius 2 is 2.22 bits per heavy atom. The van der Waals surface area contributed by atoms with E-state index in [-0.39, 0.29) is 30.1 Å². The molecule has 4 aliphatic rings. The zero-order valence-electron chi connectivity index (χ0n) is 10.2. The Morgan fingerprint density at radius 1 is 1.39 bits per heavy atom. The van der Waals surface area contributed by atoms with Crippen LogP contribution < -0.4 is 0 Å². The molecule has 4 fully saturated rings. The first kappa shape index (κ1) is 10.8. The Bertz CT molecular complexity index is 406. The lowest BCUT2D eigenvalue weighted by atomic mass is 9.88. The molecular formula is C13H17NO4. The molecule has 5 atom stereocenters. The summed E-state index contributed by atoms with van der Waals surface area (Å²) in [5.41, 5.74) is 0. The summed E-state index contributed by atoms with van der Waals surface area (Å²) in [6, 6.07) is 0. The molecule has 2 heterocycles. The summed E-state index contributed by atoms with van der Waals surface area (Å²) in [6.45, 7) is 2.37. The van der Waals surface area contributed by atoms with Crippen LogP contribution in [0.3, 0.4) is 0 Å². The van der Waals surface area contributed by atoms with E-state index in [0.717, 1.165) is 25.9 Å². The molecule has 4 rings (SSSR count). The molecule has 2 aliphatic heterocycles. The van der Waals surface area contributed by atoms with Crippen LogP contribution in [0.1, 0.15) is 19.3 Å². The minimum Gasteiger partial charge on any atom is -0.458 e. The molecule has 2 aliphatic carbocycles. The summed E-state index contributed by atoms with van der Waals surface area (Å²) in [5, 5.41) is 0. The van der Waals surface area contributed by atoms with Crippen LogP contribution in [0.15, 0.2) is 0 Å². The first-order valence-electron chi connectivity index (χ1n) is 6.85. The Hall–Kier alpha value is -1.10. The number of nitrogens with zero attached hydrogens (tertiary/aromatic N) is 1. The van der Waals surface area contributed by atoms with Gasteiger partial charge in [-0.1, -0.05) is 0 Å². The van der Waals surface area contributed by atoms with Gasteiger partial charge in [0.25, 0.3) is 0 Å². The first-order chi connectivity index (χ1) is 8.72. The van der Waals surface area contributed by atoms with Gasteiger partial charge in [-0.25, -0.2) is 0 Å². The summed E-state index contributed by atoms with van der Waals surface area (Å²) < 4.78 is 10.9. The summed E-state index contributed by atoms with van der Waals surface area (Å²) >= 11 is 0. The molecule has 2 saturated heterocycles. The Balaban J connectivity index is 1.40. The Labute approximate surface area is 105 Å². The van der Waals surface area contributed by atoms with Gasteiger partial charge in [0.1, 0.15) is 12.2 Å². The Morgan fingerprint density at radius 3 is 2.94 bits per heavy atom. The van der Waals surface area contributed by atoms with Crippen LogP contribution in [-0.4, -0.2) is 48.7 Å². The average Bonchev–Trinajstić information content (AvgIpc) is 2.88. The van der Waals surface area contributed by atoms with E-state index in [1.54, 1.807) is 0 Å². The molecule has 0 spiro atoms. The lowest BCUT2D eigenvalue weighted by Crippen LogP contribution is -2.44. The zero-order chi connectivity index (χ0) is 12.3. The highest BCUT2D eigenvalue weighted by Gasteiger charge is 2.63. The molecule has 2 bridgehead atoms. The predicted molar refractivity (Wildman–Crippen MR) is 60.5 cm³/mol. The van der Waals surface area contributed by atoms with Gasteiger partial charge in [-0.2, -0.15) is 0 Å². The fourth-order valence-electron chi connectivity index (χ4n) is 3.98. The van der Waals surface area contributed by atoms with Crippen molar-refractivity contribution in [2.24, 2.45) is 17.8 Å². The second-order valence-corrected chi connectivity index (χ2v) is 5.99. The second kappa shape index (κ2) is 3.70. The van der Waals surface area contributed by atoms with Crippen LogP contribution >= 0.6 is 0 Å². The fraction of sp³-hybridized carbons (Fsp3) is 0.846. The maximum absolute atomic E-state index is 11.8. The lowest BCUT2D eigenvalue weighted by molar-refractivity contribution is -0.163. The van der Waals surface area contributed by atoms with Crippen LogP contribution in [0, 0.1) is 17.8 Å². The minimum atomic E-state index is -0.175. The molecule has 0 aromatic heterocycles. The number of ether oxygens (including phenoxy) is 2. The summed E-state index contributed by atoms with van der Waals surface area (Å²) in [7, 11) is 0. The van der Waals surface area contributed by atoms with Crippen molar-refractivity contribution in [2.75, 3.05) is 19.6 Å². The van der Waals surface area contributed by atoms with Crippen molar-refractivity contribution < 1.29 is 19.1 Å². The standard InChI is InChI=1S/C13H17NO4/c15-10(6-14-2-1-3-14)17-11-7-4-8-9(5-7)13(16)18-12(8)11/h7-9,11-12H,1-6H2. The average molecular weight is 251 g/mol. The molecule has 5 heteroatoms. The van der Waals surface area contributed by atoms with E-state index >= 15 is 0 Å². The van der Waals surface area contributed by atoms with Crippen molar-refractivity contribution in [3.63, 3.8) is 0 Å². The van der Waals surface area contributed by atoms with Gasteiger partial charge < -0.3 is 9.47 Å². The van der Waals surface area contributed by atoms with Crippen LogP contribution in [0.5, 0.6) is 0 Å². The van der Waals surface area contributed by atoms with E-state index in [2.05, 4.69) is 4.90 Å². The topological polar surface area (TPSA) is 55.8 Å². The van der Waals surface area contributed by atoms with E-state index in [0.29, 0.717) is 18.4 Å². The van der Waals surface area contributed by atoms with Crippen molar-refractivity contribution >= 4 is 11.9 Å². The van der Waals surface area contributed by atoms with Crippen molar-refractivity contribution in [3.8, 4) is 0 Å². The third-order valence-corrected chi connectivity index (χ3v) is 4.98. The van der Waals surface area contributed by atoms with Crippen molar-refractivity contribution in [2.45, 2.75) is 31.5 Å². The van der Waals surface area contributed by atoms with E-state index in [1.807, 2.05) is 0 Å². The molecule has 18 heavy (non-hydrogen) atoms. The van der Waals surface area contributed by atoms with Crippen molar-refractivity contribution in [3.05, 3.63) is 0 Å². The number of hydrogen-bond donors (Lipinski definition) is 0. The van der Waals surface area contributed by atoms with Gasteiger partial charge in [0.05, 0.1) is 12.5 Å². The molecule has 5 unspecified atom stereocenters. The number of fused-ring (bicyclic) bond motifs is 1. The third kappa shape index (κ3) is 1.43. The minimum absolute atomic E-state index is 0.0752. The van der Waals surface area contributed by atoms with Gasteiger partial charge in [0.15, 0.2) is 0 Å². The van der Waals surface area contributed by atoms with E-state index in [1.165, 1.54) is 6.42 Å². The molecule has 0 aromatic rings. The van der Waals surface area contributed by atoms with E-state index < -0.39 is 0 Å². The molecule has 0 aromatic carbocycles. The largest absolute Gasteiger partial charge is 0.458 e. The van der Waals surface area contributed by atoms with Crippen LogP contribution in [0.4, 0.5) is 0 Å². The highest BCUT2D eigenvalue weighted by Crippen LogP contribution is 2.55. The second-order valence-electron chi connectivity index (χ2n) is 5.99. The molecule has 0 amide bonds. The van der Waals surface area contributed by atoms with Gasteiger partial charge in [-0.05, 0) is 32.4 Å². The van der Waals surface area contributed by atoms with Crippen LogP contribution in [-0.2, 0) is 19.1 Å². The number of esters is 2. The van der Waals surface area contributed by atoms with Crippen molar-refractivity contribution in [1.29, 1.82) is 0 Å². The number of carbonyl (C=O) groups excluding carboxylic acids is 2. The molecule has 98 valence electrons. The van der Waals surface area contributed by atoms with Gasteiger partial charge in [0.2, 0.25) is 0 Å². The fourth-order valence-corrected chi connectivity index (χ4v) is 3.98. The van der Waals surface area contributed by atoms with Crippen LogP contribution in [0.25, 0.3) is 0 Å². The van der Waals surface area contributed by atoms with Crippen LogP contribution in [0.2, 0.25) is 0 Å². The summed E-state index contributed by atoms with van der Waals surface area (Å²) in [4.78, 5) is 25.5. The Kier molecular flexibility index (Phi) is 2.22. The van der Waals surface area contributed by atoms with E-state index in [4.69, 9.17) is 9.47 Å². The normalized spacial score (nSPS) is 44.9. The first-order valence-corrected chi connectivity index (χ1v) is 6.85. The highest BCUT2D eigenvalue weighted by atomic mass is 16.6. The van der Waals surface area contributed by atoms with Gasteiger partial charge >= 0.3 is 11.9 Å². The number of carbonyl (C=O) groups is 2. The number of likely N-dealkylation sites (tertiary alicyclic amines) is 1. The smallest absolute Gasteiger partial charge is 0.320 e. The van der Waals surface area contributed by atoms with Crippen molar-refractivity contribution in [1.82, 2.24) is 4.90 Å². The maximum Gasteiger partial charge on any atom is 0.320 e. The molecule has 5 nitrogen and oxygen atoms in total. The predicted octanol–water partition coefficient (Wildman–Crippen LogP) is 0.185. The quantitative estimate of drug-likeness (QED) is 0.670. The number of hydrogen-bond acceptors (Lipinski definition) is 5. The molecule has 2 saturated carbocycles. The summed E-state index contributed by atoms with van der Waals surface area (Å²) in [5.74, 6) is 0.506. The maximum atomic E-state index is 11.8. The van der Waals surface area contributed by atoms with E-state index in [9.17, 15) is 9.59 Å². The van der Waals surface area contributed by atoms with Gasteiger partial charge in [-0.15, -0.1) is 0 Å². The SMILES string of the molecule is O=C(CN1CCC1)OC1C2CC3C(=O)OC1C3C2. The lowest BCUT2D eigenvalue weighted by Gasteiger charge is -2.31.